The van der Waals surface area contributed by atoms with Crippen molar-refractivity contribution in [2.45, 2.75) is 26.4 Å². The van der Waals surface area contributed by atoms with E-state index in [-0.39, 0.29) is 11.3 Å². The van der Waals surface area contributed by atoms with Gasteiger partial charge in [-0.05, 0) is 30.5 Å². The van der Waals surface area contributed by atoms with Crippen LogP contribution in [0, 0.1) is 5.92 Å². The quantitative estimate of drug-likeness (QED) is 0.749. The molecule has 0 aliphatic carbocycles. The van der Waals surface area contributed by atoms with Crippen LogP contribution >= 0.6 is 0 Å². The summed E-state index contributed by atoms with van der Waals surface area (Å²) >= 11 is 0. The van der Waals surface area contributed by atoms with Crippen molar-refractivity contribution in [2.24, 2.45) is 5.92 Å². The Morgan fingerprint density at radius 1 is 1.28 bits per heavy atom. The van der Waals surface area contributed by atoms with Gasteiger partial charge in [-0.1, -0.05) is 13.8 Å². The average molecular weight is 260 g/mol. The van der Waals surface area contributed by atoms with Crippen molar-refractivity contribution >= 4 is 6.29 Å². The van der Waals surface area contributed by atoms with E-state index in [4.69, 9.17) is 4.74 Å². The predicted molar refractivity (Wildman–Crippen MR) is 61.8 cm³/mol. The van der Waals surface area contributed by atoms with Crippen LogP contribution in [0.4, 0.5) is 13.2 Å². The largest absolute Gasteiger partial charge is 0.494 e. The zero-order valence-electron chi connectivity index (χ0n) is 10.3. The molecular weight excluding hydrogens is 245 g/mol. The molecule has 0 heterocycles. The minimum absolute atomic E-state index is 0.0376. The Kier molecular flexibility index (Phi) is 4.76. The predicted octanol–water partition coefficient (Wildman–Crippen LogP) is 3.94. The van der Waals surface area contributed by atoms with Gasteiger partial charge in [0.25, 0.3) is 0 Å². The molecule has 1 aromatic carbocycles. The SMILES string of the molecule is CC(C)CCOc1cc(C=O)cc(C(F)(F)F)c1. The number of halogens is 3. The van der Waals surface area contributed by atoms with E-state index in [0.717, 1.165) is 18.6 Å². The maximum Gasteiger partial charge on any atom is 0.416 e. The van der Waals surface area contributed by atoms with E-state index < -0.39 is 11.7 Å². The van der Waals surface area contributed by atoms with Gasteiger partial charge in [0.15, 0.2) is 0 Å². The minimum atomic E-state index is -4.48. The standard InChI is InChI=1S/C13H15F3O2/c1-9(2)3-4-18-12-6-10(8-17)5-11(7-12)13(14,15)16/h5-9H,3-4H2,1-2H3. The molecular formula is C13H15F3O2. The molecule has 0 spiro atoms. The van der Waals surface area contributed by atoms with Crippen molar-refractivity contribution in [3.05, 3.63) is 29.3 Å². The van der Waals surface area contributed by atoms with E-state index in [1.54, 1.807) is 0 Å². The molecule has 0 radical (unpaired) electrons. The molecule has 18 heavy (non-hydrogen) atoms. The summed E-state index contributed by atoms with van der Waals surface area (Å²) in [5.41, 5.74) is -0.906. The van der Waals surface area contributed by atoms with Gasteiger partial charge in [0.05, 0.1) is 12.2 Å². The lowest BCUT2D eigenvalue weighted by Crippen LogP contribution is -2.07. The first-order valence-corrected chi connectivity index (χ1v) is 5.63. The Morgan fingerprint density at radius 2 is 1.94 bits per heavy atom. The highest BCUT2D eigenvalue weighted by molar-refractivity contribution is 5.76. The van der Waals surface area contributed by atoms with E-state index in [0.29, 0.717) is 18.8 Å². The normalized spacial score (nSPS) is 11.7. The summed E-state index contributed by atoms with van der Waals surface area (Å²) in [7, 11) is 0. The Bertz CT molecular complexity index is 411. The van der Waals surface area contributed by atoms with Crippen molar-refractivity contribution in [2.75, 3.05) is 6.61 Å². The van der Waals surface area contributed by atoms with Gasteiger partial charge in [0.1, 0.15) is 12.0 Å². The molecule has 0 N–H and O–H groups in total. The zero-order valence-corrected chi connectivity index (χ0v) is 10.3. The fourth-order valence-electron chi connectivity index (χ4n) is 1.35. The summed E-state index contributed by atoms with van der Waals surface area (Å²) in [4.78, 5) is 10.6. The fraction of sp³-hybridized carbons (Fsp3) is 0.462. The summed E-state index contributed by atoms with van der Waals surface area (Å²) in [6.07, 6.45) is -3.35. The second kappa shape index (κ2) is 5.89. The highest BCUT2D eigenvalue weighted by Gasteiger charge is 2.31. The Balaban J connectivity index is 2.87. The maximum absolute atomic E-state index is 12.6. The summed E-state index contributed by atoms with van der Waals surface area (Å²) in [6, 6.07) is 3.03. The highest BCUT2D eigenvalue weighted by atomic mass is 19.4. The number of carbonyl (C=O) groups is 1. The van der Waals surface area contributed by atoms with Crippen LogP contribution in [0.3, 0.4) is 0 Å². The number of rotatable bonds is 5. The van der Waals surface area contributed by atoms with E-state index >= 15 is 0 Å². The molecule has 1 rings (SSSR count). The van der Waals surface area contributed by atoms with Crippen LogP contribution in [0.1, 0.15) is 36.2 Å². The molecule has 0 saturated heterocycles. The fourth-order valence-corrected chi connectivity index (χ4v) is 1.35. The second-order valence-electron chi connectivity index (χ2n) is 4.44. The number of alkyl halides is 3. The molecule has 0 fully saturated rings. The van der Waals surface area contributed by atoms with Gasteiger partial charge in [0, 0.05) is 5.56 Å². The smallest absolute Gasteiger partial charge is 0.416 e. The third-order valence-corrected chi connectivity index (χ3v) is 2.36. The van der Waals surface area contributed by atoms with Crippen LogP contribution in [0.5, 0.6) is 5.75 Å². The van der Waals surface area contributed by atoms with Crippen molar-refractivity contribution in [1.29, 1.82) is 0 Å². The van der Waals surface area contributed by atoms with Crippen LogP contribution in [-0.2, 0) is 6.18 Å². The lowest BCUT2D eigenvalue weighted by molar-refractivity contribution is -0.137. The molecule has 0 aliphatic heterocycles. The third kappa shape index (κ3) is 4.39. The van der Waals surface area contributed by atoms with Gasteiger partial charge >= 0.3 is 6.18 Å². The number of carbonyl (C=O) groups excluding carboxylic acids is 1. The molecule has 100 valence electrons. The molecule has 1 aromatic rings. The van der Waals surface area contributed by atoms with Gasteiger partial charge in [-0.2, -0.15) is 13.2 Å². The van der Waals surface area contributed by atoms with Crippen molar-refractivity contribution in [3.63, 3.8) is 0 Å². The van der Waals surface area contributed by atoms with Gasteiger partial charge in [0.2, 0.25) is 0 Å². The number of hydrogen-bond donors (Lipinski definition) is 0. The molecule has 0 bridgehead atoms. The Labute approximate surface area is 104 Å². The summed E-state index contributed by atoms with van der Waals surface area (Å²) in [5.74, 6) is 0.480. The van der Waals surface area contributed by atoms with Gasteiger partial charge in [-0.25, -0.2) is 0 Å². The first-order valence-electron chi connectivity index (χ1n) is 5.63. The van der Waals surface area contributed by atoms with Crippen molar-refractivity contribution in [3.8, 4) is 5.75 Å². The molecule has 0 amide bonds. The lowest BCUT2D eigenvalue weighted by atomic mass is 10.1. The maximum atomic E-state index is 12.6. The van der Waals surface area contributed by atoms with Crippen LogP contribution in [0.2, 0.25) is 0 Å². The van der Waals surface area contributed by atoms with Crippen LogP contribution in [0.15, 0.2) is 18.2 Å². The van der Waals surface area contributed by atoms with Crippen LogP contribution in [0.25, 0.3) is 0 Å². The van der Waals surface area contributed by atoms with Gasteiger partial charge in [-0.3, -0.25) is 4.79 Å². The zero-order chi connectivity index (χ0) is 13.8. The lowest BCUT2D eigenvalue weighted by Gasteiger charge is -2.12. The first kappa shape index (κ1) is 14.5. The minimum Gasteiger partial charge on any atom is -0.494 e. The summed E-state index contributed by atoms with van der Waals surface area (Å²) in [6.45, 7) is 4.32. The van der Waals surface area contributed by atoms with Crippen LogP contribution < -0.4 is 4.74 Å². The molecule has 0 aliphatic rings. The molecule has 0 unspecified atom stereocenters. The molecule has 0 atom stereocenters. The average Bonchev–Trinajstić information content (AvgIpc) is 2.27. The summed E-state index contributed by atoms with van der Waals surface area (Å²) < 4.78 is 42.9. The van der Waals surface area contributed by atoms with Crippen molar-refractivity contribution in [1.82, 2.24) is 0 Å². The third-order valence-electron chi connectivity index (χ3n) is 2.36. The van der Waals surface area contributed by atoms with Gasteiger partial charge in [-0.15, -0.1) is 0 Å². The van der Waals surface area contributed by atoms with Gasteiger partial charge < -0.3 is 4.74 Å². The second-order valence-corrected chi connectivity index (χ2v) is 4.44. The number of ether oxygens (including phenoxy) is 1. The Hall–Kier alpha value is -1.52. The molecule has 2 nitrogen and oxygen atoms in total. The number of hydrogen-bond acceptors (Lipinski definition) is 2. The monoisotopic (exact) mass is 260 g/mol. The molecule has 0 aromatic heterocycles. The van der Waals surface area contributed by atoms with Crippen molar-refractivity contribution < 1.29 is 22.7 Å². The first-order chi connectivity index (χ1) is 8.32. The van der Waals surface area contributed by atoms with Crippen LogP contribution in [-0.4, -0.2) is 12.9 Å². The molecule has 5 heteroatoms. The number of aldehydes is 1. The molecule has 0 saturated carbocycles. The Morgan fingerprint density at radius 3 is 2.44 bits per heavy atom. The highest BCUT2D eigenvalue weighted by Crippen LogP contribution is 2.32. The topological polar surface area (TPSA) is 26.3 Å². The van der Waals surface area contributed by atoms with E-state index in [1.807, 2.05) is 13.8 Å². The van der Waals surface area contributed by atoms with E-state index in [9.17, 15) is 18.0 Å². The van der Waals surface area contributed by atoms with E-state index in [1.165, 1.54) is 6.07 Å². The summed E-state index contributed by atoms with van der Waals surface area (Å²) in [5, 5.41) is 0. The van der Waals surface area contributed by atoms with E-state index in [2.05, 4.69) is 0 Å². The number of benzene rings is 1.